The summed E-state index contributed by atoms with van der Waals surface area (Å²) in [5, 5.41) is 18.5. The van der Waals surface area contributed by atoms with Gasteiger partial charge in [-0.3, -0.25) is 19.4 Å². The van der Waals surface area contributed by atoms with E-state index in [9.17, 15) is 31.1 Å². The normalized spacial score (nSPS) is 19.8. The smallest absolute Gasteiger partial charge is 0.475 e. The Bertz CT molecular complexity index is 1120. The van der Waals surface area contributed by atoms with Crippen LogP contribution in [0.5, 0.6) is 0 Å². The van der Waals surface area contributed by atoms with Crippen molar-refractivity contribution in [2.75, 3.05) is 13.1 Å². The van der Waals surface area contributed by atoms with Crippen LogP contribution < -0.4 is 0 Å². The number of carboxylic acid groups (broad SMARTS) is 2. The molecule has 2 aliphatic rings. The molecule has 2 fully saturated rings. The van der Waals surface area contributed by atoms with Crippen LogP contribution >= 0.6 is 0 Å². The van der Waals surface area contributed by atoms with Crippen LogP contribution in [0.1, 0.15) is 43.2 Å². The molecule has 2 N–H and O–H groups in total. The van der Waals surface area contributed by atoms with Gasteiger partial charge in [-0.15, -0.1) is 0 Å². The van der Waals surface area contributed by atoms with Crippen molar-refractivity contribution in [1.29, 1.82) is 0 Å². The van der Waals surface area contributed by atoms with E-state index in [0.29, 0.717) is 18.9 Å². The standard InChI is InChI=1S/C20H27N5O.2C2HF3O2/c1-23-14-18(13-22-23)15-24-11-2-6-20(8-12-24)7-3-19(26)25(20)16-17-4-9-21-10-5-17;2*3-2(4,5)1(6)7/h4-5,9-10,13-14H,2-3,6-8,11-12,15-16H2,1H3;2*(H,6,7). The number of pyridine rings is 1. The summed E-state index contributed by atoms with van der Waals surface area (Å²) in [4.78, 5) is 39.2. The molecule has 4 heterocycles. The number of hydrogen-bond donors (Lipinski definition) is 2. The fourth-order valence-electron chi connectivity index (χ4n) is 4.53. The molecule has 1 spiro atoms. The third kappa shape index (κ3) is 9.81. The number of amides is 1. The Labute approximate surface area is 225 Å². The molecular weight excluding hydrogens is 552 g/mol. The number of aryl methyl sites for hydroxylation is 1. The zero-order chi connectivity index (χ0) is 30.1. The van der Waals surface area contributed by atoms with Crippen molar-refractivity contribution in [2.45, 2.75) is 63.1 Å². The summed E-state index contributed by atoms with van der Waals surface area (Å²) in [6.07, 6.45) is 2.49. The lowest BCUT2D eigenvalue weighted by molar-refractivity contribution is -0.193. The highest BCUT2D eigenvalue weighted by atomic mass is 19.4. The Morgan fingerprint density at radius 2 is 1.50 bits per heavy atom. The van der Waals surface area contributed by atoms with Crippen LogP contribution in [0.3, 0.4) is 0 Å². The van der Waals surface area contributed by atoms with Crippen molar-refractivity contribution in [2.24, 2.45) is 7.05 Å². The summed E-state index contributed by atoms with van der Waals surface area (Å²) in [7, 11) is 1.96. The van der Waals surface area contributed by atoms with Crippen molar-refractivity contribution in [3.05, 3.63) is 48.0 Å². The number of nitrogens with zero attached hydrogens (tertiary/aromatic N) is 5. The van der Waals surface area contributed by atoms with Crippen molar-refractivity contribution in [3.63, 3.8) is 0 Å². The second-order valence-electron chi connectivity index (χ2n) is 9.32. The first kappa shape index (κ1) is 32.5. The Balaban J connectivity index is 0.000000333. The topological polar surface area (TPSA) is 129 Å². The van der Waals surface area contributed by atoms with Crippen molar-refractivity contribution in [3.8, 4) is 0 Å². The average Bonchev–Trinajstić information content (AvgIpc) is 3.32. The van der Waals surface area contributed by atoms with E-state index in [0.717, 1.165) is 45.3 Å². The van der Waals surface area contributed by atoms with E-state index >= 15 is 0 Å². The first-order valence-electron chi connectivity index (χ1n) is 12.0. The molecule has 2 aromatic rings. The molecule has 0 saturated carbocycles. The first-order chi connectivity index (χ1) is 18.5. The monoisotopic (exact) mass is 581 g/mol. The molecule has 10 nitrogen and oxygen atoms in total. The van der Waals surface area contributed by atoms with E-state index < -0.39 is 24.3 Å². The number of carboxylic acids is 2. The van der Waals surface area contributed by atoms with Gasteiger partial charge in [0.1, 0.15) is 0 Å². The highest BCUT2D eigenvalue weighted by Crippen LogP contribution is 2.40. The number of likely N-dealkylation sites (tertiary alicyclic amines) is 2. The molecular formula is C24H29F6N5O5. The Morgan fingerprint density at radius 3 is 2.00 bits per heavy atom. The van der Waals surface area contributed by atoms with Crippen LogP contribution in [0, 0.1) is 0 Å². The predicted molar refractivity (Wildman–Crippen MR) is 126 cm³/mol. The zero-order valence-corrected chi connectivity index (χ0v) is 21.5. The van der Waals surface area contributed by atoms with Crippen LogP contribution in [0.2, 0.25) is 0 Å². The SMILES string of the molecule is Cn1cc(CN2CCCC3(CCC(=O)N3Cc3ccncc3)CC2)cn1.O=C(O)C(F)(F)F.O=C(O)C(F)(F)F. The van der Waals surface area contributed by atoms with Crippen LogP contribution in [-0.2, 0) is 34.5 Å². The van der Waals surface area contributed by atoms with Crippen molar-refractivity contribution in [1.82, 2.24) is 24.6 Å². The summed E-state index contributed by atoms with van der Waals surface area (Å²) < 4.78 is 65.3. The maximum absolute atomic E-state index is 12.6. The van der Waals surface area contributed by atoms with Crippen LogP contribution in [0.25, 0.3) is 0 Å². The van der Waals surface area contributed by atoms with E-state index in [1.165, 1.54) is 11.1 Å². The maximum Gasteiger partial charge on any atom is 0.490 e. The minimum absolute atomic E-state index is 0.0318. The molecule has 0 bridgehead atoms. The molecule has 2 aromatic heterocycles. The number of halogens is 6. The van der Waals surface area contributed by atoms with Gasteiger partial charge in [-0.2, -0.15) is 31.4 Å². The Kier molecular flexibility index (Phi) is 11.0. The van der Waals surface area contributed by atoms with Crippen LogP contribution in [0.15, 0.2) is 36.9 Å². The number of hydrogen-bond acceptors (Lipinski definition) is 6. The molecule has 2 aliphatic heterocycles. The maximum atomic E-state index is 12.6. The summed E-state index contributed by atoms with van der Waals surface area (Å²) in [5.74, 6) is -5.21. The van der Waals surface area contributed by atoms with Crippen molar-refractivity contribution < 1.29 is 50.9 Å². The van der Waals surface area contributed by atoms with Gasteiger partial charge in [-0.25, -0.2) is 9.59 Å². The Morgan fingerprint density at radius 1 is 0.925 bits per heavy atom. The van der Waals surface area contributed by atoms with E-state index in [1.807, 2.05) is 42.5 Å². The molecule has 0 aromatic carbocycles. The summed E-state index contributed by atoms with van der Waals surface area (Å²) in [5.41, 5.74) is 2.47. The van der Waals surface area contributed by atoms with E-state index in [4.69, 9.17) is 19.8 Å². The average molecular weight is 582 g/mol. The number of aromatic nitrogens is 3. The van der Waals surface area contributed by atoms with Gasteiger partial charge in [-0.05, 0) is 49.9 Å². The first-order valence-corrected chi connectivity index (χ1v) is 12.0. The van der Waals surface area contributed by atoms with Crippen LogP contribution in [0.4, 0.5) is 26.3 Å². The lowest BCUT2D eigenvalue weighted by Gasteiger charge is -2.38. The van der Waals surface area contributed by atoms with E-state index in [-0.39, 0.29) is 5.54 Å². The molecule has 1 atom stereocenters. The molecule has 16 heteroatoms. The molecule has 0 radical (unpaired) electrons. The van der Waals surface area contributed by atoms with Gasteiger partial charge < -0.3 is 15.1 Å². The molecule has 0 aliphatic carbocycles. The fraction of sp³-hybridized carbons (Fsp3) is 0.542. The second kappa shape index (κ2) is 13.6. The molecule has 1 amide bonds. The van der Waals surface area contributed by atoms with Gasteiger partial charge in [-0.1, -0.05) is 0 Å². The van der Waals surface area contributed by atoms with Gasteiger partial charge in [0.15, 0.2) is 0 Å². The predicted octanol–water partition coefficient (Wildman–Crippen LogP) is 3.63. The summed E-state index contributed by atoms with van der Waals surface area (Å²) in [6.45, 7) is 3.79. The highest BCUT2D eigenvalue weighted by molar-refractivity contribution is 5.79. The third-order valence-corrected chi connectivity index (χ3v) is 6.43. The van der Waals surface area contributed by atoms with Gasteiger partial charge in [0, 0.05) is 62.8 Å². The molecule has 2 saturated heterocycles. The van der Waals surface area contributed by atoms with Gasteiger partial charge in [0.25, 0.3) is 0 Å². The molecule has 4 rings (SSSR count). The van der Waals surface area contributed by atoms with Crippen LogP contribution in [-0.4, -0.2) is 83.6 Å². The summed E-state index contributed by atoms with van der Waals surface area (Å²) >= 11 is 0. The second-order valence-corrected chi connectivity index (χ2v) is 9.32. The van der Waals surface area contributed by atoms with E-state index in [1.54, 1.807) is 0 Å². The van der Waals surface area contributed by atoms with Gasteiger partial charge in [0.2, 0.25) is 5.91 Å². The third-order valence-electron chi connectivity index (χ3n) is 6.43. The van der Waals surface area contributed by atoms with Gasteiger partial charge >= 0.3 is 24.3 Å². The van der Waals surface area contributed by atoms with Crippen molar-refractivity contribution >= 4 is 17.8 Å². The number of alkyl halides is 6. The Hall–Kier alpha value is -3.69. The van der Waals surface area contributed by atoms with Gasteiger partial charge in [0.05, 0.1) is 6.20 Å². The number of rotatable bonds is 4. The minimum atomic E-state index is -5.08. The summed E-state index contributed by atoms with van der Waals surface area (Å²) in [6, 6.07) is 4.04. The van der Waals surface area contributed by atoms with E-state index in [2.05, 4.69) is 26.1 Å². The quantitative estimate of drug-likeness (QED) is 0.524. The molecule has 40 heavy (non-hydrogen) atoms. The highest BCUT2D eigenvalue weighted by Gasteiger charge is 2.45. The number of carbonyl (C=O) groups is 3. The minimum Gasteiger partial charge on any atom is -0.475 e. The zero-order valence-electron chi connectivity index (χ0n) is 21.5. The number of carbonyl (C=O) groups excluding carboxylic acids is 1. The molecule has 1 unspecified atom stereocenters. The molecule has 222 valence electrons. The number of aliphatic carboxylic acids is 2. The fourth-order valence-corrected chi connectivity index (χ4v) is 4.53. The lowest BCUT2D eigenvalue weighted by Crippen LogP contribution is -2.45. The largest absolute Gasteiger partial charge is 0.490 e. The lowest BCUT2D eigenvalue weighted by atomic mass is 9.87.